The maximum Gasteiger partial charge on any atom is 0.138 e. The van der Waals surface area contributed by atoms with Gasteiger partial charge in [-0.2, -0.15) is 0 Å². The SMILES string of the molecule is [2H]c1ccc2cc(-c3cccc(-c4c5ccccc5c(-c5ccccc5-c5cccc6oc7c(C)cccc7c56)c5ccccc45)c3)ccc2c1. The molecular weight excluding hydrogens is 605 g/mol. The van der Waals surface area contributed by atoms with Crippen molar-refractivity contribution in [3.8, 4) is 44.5 Å². The van der Waals surface area contributed by atoms with Gasteiger partial charge in [0.15, 0.2) is 0 Å². The lowest BCUT2D eigenvalue weighted by molar-refractivity contribution is 0.666. The predicted molar refractivity (Wildman–Crippen MR) is 213 cm³/mol. The van der Waals surface area contributed by atoms with Crippen LogP contribution in [0.25, 0.3) is 98.8 Å². The summed E-state index contributed by atoms with van der Waals surface area (Å²) in [6, 6.07) is 61.3. The van der Waals surface area contributed by atoms with Crippen molar-refractivity contribution in [1.29, 1.82) is 0 Å². The smallest absolute Gasteiger partial charge is 0.138 e. The molecule has 0 aliphatic rings. The first-order valence-corrected chi connectivity index (χ1v) is 17.2. The zero-order valence-corrected chi connectivity index (χ0v) is 27.6. The molecule has 9 aromatic carbocycles. The molecular formula is C49H32O. The van der Waals surface area contributed by atoms with E-state index in [1.165, 1.54) is 60.5 Å². The zero-order valence-electron chi connectivity index (χ0n) is 28.6. The Bertz CT molecular complexity index is 2940. The molecule has 0 aliphatic carbocycles. The molecule has 10 aromatic rings. The monoisotopic (exact) mass is 637 g/mol. The Hall–Kier alpha value is -6.44. The Morgan fingerprint density at radius 2 is 1.04 bits per heavy atom. The maximum atomic E-state index is 8.03. The third-order valence-corrected chi connectivity index (χ3v) is 10.3. The number of furan rings is 1. The van der Waals surface area contributed by atoms with E-state index in [0.717, 1.165) is 43.8 Å². The molecule has 0 unspecified atom stereocenters. The van der Waals surface area contributed by atoms with Gasteiger partial charge in [-0.1, -0.05) is 158 Å². The van der Waals surface area contributed by atoms with Crippen LogP contribution in [0.4, 0.5) is 0 Å². The van der Waals surface area contributed by atoms with Crippen molar-refractivity contribution >= 4 is 54.3 Å². The van der Waals surface area contributed by atoms with Crippen LogP contribution < -0.4 is 0 Å². The molecule has 0 bridgehead atoms. The van der Waals surface area contributed by atoms with Gasteiger partial charge >= 0.3 is 0 Å². The highest BCUT2D eigenvalue weighted by Gasteiger charge is 2.21. The van der Waals surface area contributed by atoms with Gasteiger partial charge in [0.25, 0.3) is 0 Å². The molecule has 0 amide bonds. The Labute approximate surface area is 292 Å². The summed E-state index contributed by atoms with van der Waals surface area (Å²) in [7, 11) is 0. The summed E-state index contributed by atoms with van der Waals surface area (Å²) >= 11 is 0. The number of rotatable bonds is 4. The highest BCUT2D eigenvalue weighted by atomic mass is 16.3. The summed E-state index contributed by atoms with van der Waals surface area (Å²) in [5, 5.41) is 9.42. The minimum Gasteiger partial charge on any atom is -0.456 e. The number of hydrogen-bond acceptors (Lipinski definition) is 1. The Morgan fingerprint density at radius 3 is 1.84 bits per heavy atom. The normalized spacial score (nSPS) is 12.0. The molecule has 1 nitrogen and oxygen atoms in total. The molecule has 1 heterocycles. The molecule has 10 rings (SSSR count). The average Bonchev–Trinajstić information content (AvgIpc) is 3.57. The third-order valence-electron chi connectivity index (χ3n) is 10.3. The quantitative estimate of drug-likeness (QED) is 0.175. The summed E-state index contributed by atoms with van der Waals surface area (Å²) in [6.07, 6.45) is 0. The first-order chi connectivity index (χ1) is 25.1. The largest absolute Gasteiger partial charge is 0.456 e. The van der Waals surface area contributed by atoms with Crippen molar-refractivity contribution in [2.24, 2.45) is 0 Å². The van der Waals surface area contributed by atoms with E-state index in [9.17, 15) is 0 Å². The van der Waals surface area contributed by atoms with Crippen LogP contribution in [-0.4, -0.2) is 0 Å². The van der Waals surface area contributed by atoms with Gasteiger partial charge in [0.1, 0.15) is 11.2 Å². The summed E-state index contributed by atoms with van der Waals surface area (Å²) in [6.45, 7) is 2.12. The van der Waals surface area contributed by atoms with Gasteiger partial charge in [-0.05, 0) is 108 Å². The second-order valence-corrected chi connectivity index (χ2v) is 13.2. The lowest BCUT2D eigenvalue weighted by atomic mass is 9.83. The van der Waals surface area contributed by atoms with Crippen LogP contribution >= 0.6 is 0 Å². The highest BCUT2D eigenvalue weighted by Crippen LogP contribution is 2.48. The lowest BCUT2D eigenvalue weighted by Crippen LogP contribution is -1.93. The van der Waals surface area contributed by atoms with Crippen LogP contribution in [0, 0.1) is 6.92 Å². The van der Waals surface area contributed by atoms with Gasteiger partial charge in [0.2, 0.25) is 0 Å². The number of hydrogen-bond donors (Lipinski definition) is 0. The van der Waals surface area contributed by atoms with Crippen molar-refractivity contribution in [3.05, 3.63) is 181 Å². The fourth-order valence-electron chi connectivity index (χ4n) is 8.04. The fraction of sp³-hybridized carbons (Fsp3) is 0.0204. The fourth-order valence-corrected chi connectivity index (χ4v) is 8.04. The summed E-state index contributed by atoms with van der Waals surface area (Å²) in [5.74, 6) is 0. The maximum absolute atomic E-state index is 8.03. The first kappa shape index (κ1) is 27.5. The van der Waals surface area contributed by atoms with Crippen LogP contribution in [0.5, 0.6) is 0 Å². The molecule has 0 spiro atoms. The van der Waals surface area contributed by atoms with Gasteiger partial charge in [-0.25, -0.2) is 0 Å². The van der Waals surface area contributed by atoms with Crippen LogP contribution in [0.3, 0.4) is 0 Å². The van der Waals surface area contributed by atoms with E-state index >= 15 is 0 Å². The van der Waals surface area contributed by atoms with E-state index in [0.29, 0.717) is 6.04 Å². The zero-order chi connectivity index (χ0) is 34.1. The summed E-state index contributed by atoms with van der Waals surface area (Å²) in [4.78, 5) is 0. The molecule has 0 radical (unpaired) electrons. The van der Waals surface area contributed by atoms with Gasteiger partial charge < -0.3 is 4.42 Å². The molecule has 0 atom stereocenters. The minimum absolute atomic E-state index is 0.532. The number of fused-ring (bicyclic) bond motifs is 6. The van der Waals surface area contributed by atoms with Crippen LogP contribution in [0.2, 0.25) is 0 Å². The third kappa shape index (κ3) is 4.41. The van der Waals surface area contributed by atoms with Crippen molar-refractivity contribution < 1.29 is 5.79 Å². The van der Waals surface area contributed by atoms with E-state index < -0.39 is 0 Å². The van der Waals surface area contributed by atoms with Crippen molar-refractivity contribution in [1.82, 2.24) is 0 Å². The second-order valence-electron chi connectivity index (χ2n) is 13.2. The molecule has 0 saturated carbocycles. The van der Waals surface area contributed by atoms with E-state index in [4.69, 9.17) is 5.79 Å². The summed E-state index contributed by atoms with van der Waals surface area (Å²) < 4.78 is 14.5. The van der Waals surface area contributed by atoms with Gasteiger partial charge in [-0.3, -0.25) is 0 Å². The summed E-state index contributed by atoms with van der Waals surface area (Å²) in [5.41, 5.74) is 12.6. The average molecular weight is 638 g/mol. The topological polar surface area (TPSA) is 13.1 Å². The van der Waals surface area contributed by atoms with E-state index in [-0.39, 0.29) is 0 Å². The second kappa shape index (κ2) is 11.3. The van der Waals surface area contributed by atoms with Crippen molar-refractivity contribution in [2.75, 3.05) is 0 Å². The molecule has 0 aliphatic heterocycles. The molecule has 0 N–H and O–H groups in total. The predicted octanol–water partition coefficient (Wildman–Crippen LogP) is 14.0. The Balaban J connectivity index is 1.22. The van der Waals surface area contributed by atoms with Gasteiger partial charge in [0, 0.05) is 10.8 Å². The number of para-hydroxylation sites is 1. The molecule has 0 fully saturated rings. The molecule has 0 saturated heterocycles. The first-order valence-electron chi connectivity index (χ1n) is 17.7. The van der Waals surface area contributed by atoms with Crippen LogP contribution in [-0.2, 0) is 0 Å². The number of aryl methyl sites for hydroxylation is 1. The Morgan fingerprint density at radius 1 is 0.420 bits per heavy atom. The standard InChI is InChI=1S/C49H32O/c1-31-13-10-25-44-48-39(24-12-26-45(48)50-49(31)44)37-18-4-5-19-38(37)47-42-22-8-6-20-40(42)46(41-21-7-9-23-43(41)47)36-17-11-16-34(30-36)35-28-27-32-14-2-3-15-33(32)29-35/h2-30H,1H3/i2D. The molecule has 50 heavy (non-hydrogen) atoms. The van der Waals surface area contributed by atoms with Crippen LogP contribution in [0.15, 0.2) is 180 Å². The molecule has 1 heteroatoms. The van der Waals surface area contributed by atoms with Crippen molar-refractivity contribution in [2.45, 2.75) is 6.92 Å². The Kier molecular flexibility index (Phi) is 6.23. The highest BCUT2D eigenvalue weighted by molar-refractivity contribution is 6.23. The molecule has 234 valence electrons. The van der Waals surface area contributed by atoms with Gasteiger partial charge in [-0.15, -0.1) is 0 Å². The van der Waals surface area contributed by atoms with Crippen LogP contribution in [0.1, 0.15) is 6.93 Å². The van der Waals surface area contributed by atoms with Crippen molar-refractivity contribution in [3.63, 3.8) is 0 Å². The van der Waals surface area contributed by atoms with E-state index in [2.05, 4.69) is 159 Å². The lowest BCUT2D eigenvalue weighted by Gasteiger charge is -2.20. The van der Waals surface area contributed by atoms with E-state index in [1.807, 2.05) is 18.2 Å². The number of benzene rings is 9. The van der Waals surface area contributed by atoms with E-state index in [1.54, 1.807) is 0 Å². The van der Waals surface area contributed by atoms with Gasteiger partial charge in [0.05, 0.1) is 1.37 Å². The minimum atomic E-state index is 0.532. The molecule has 1 aromatic heterocycles.